The maximum absolute atomic E-state index is 10.4. The Bertz CT molecular complexity index is 279. The highest BCUT2D eigenvalue weighted by molar-refractivity contribution is 5.79. The Morgan fingerprint density at radius 2 is 1.38 bits per heavy atom. The van der Waals surface area contributed by atoms with Gasteiger partial charge >= 0.3 is 5.97 Å². The van der Waals surface area contributed by atoms with E-state index >= 15 is 0 Å². The van der Waals surface area contributed by atoms with Gasteiger partial charge in [-0.05, 0) is 18.3 Å². The monoisotopic (exact) mass is 296 g/mol. The Hall–Kier alpha value is -0.790. The van der Waals surface area contributed by atoms with Crippen LogP contribution in [0.1, 0.15) is 97.8 Å². The van der Waals surface area contributed by atoms with Gasteiger partial charge in [0.25, 0.3) is 0 Å². The van der Waals surface area contributed by atoms with Gasteiger partial charge in [-0.3, -0.25) is 0 Å². The number of carboxylic acids is 1. The molecular formula is C19H36O2. The van der Waals surface area contributed by atoms with E-state index in [0.717, 1.165) is 6.42 Å². The minimum absolute atomic E-state index is 0.228. The van der Waals surface area contributed by atoms with Crippen molar-refractivity contribution in [2.45, 2.75) is 97.8 Å². The molecule has 0 saturated carbocycles. The highest BCUT2D eigenvalue weighted by atomic mass is 16.4. The zero-order chi connectivity index (χ0) is 16.0. The number of hydrogen-bond donors (Lipinski definition) is 1. The van der Waals surface area contributed by atoms with Crippen molar-refractivity contribution >= 4 is 5.97 Å². The summed E-state index contributed by atoms with van der Waals surface area (Å²) >= 11 is 0. The first kappa shape index (κ1) is 20.2. The number of unbranched alkanes of at least 4 members (excludes halogenated alkanes) is 9. The van der Waals surface area contributed by atoms with Crippen LogP contribution in [-0.2, 0) is 4.79 Å². The Kier molecular flexibility index (Phi) is 12.4. The molecule has 2 heteroatoms. The molecule has 0 aromatic carbocycles. The van der Waals surface area contributed by atoms with Crippen molar-refractivity contribution in [3.63, 3.8) is 0 Å². The third-order valence-electron chi connectivity index (χ3n) is 4.14. The summed E-state index contributed by atoms with van der Waals surface area (Å²) in [6, 6.07) is 0. The highest BCUT2D eigenvalue weighted by Gasteiger charge is 2.15. The second-order valence-electron chi connectivity index (χ2n) is 7.04. The molecular weight excluding hydrogens is 260 g/mol. The lowest BCUT2D eigenvalue weighted by molar-refractivity contribution is -0.131. The zero-order valence-electron chi connectivity index (χ0n) is 14.5. The van der Waals surface area contributed by atoms with Crippen LogP contribution in [0.3, 0.4) is 0 Å². The molecule has 1 N–H and O–H groups in total. The molecule has 0 heterocycles. The van der Waals surface area contributed by atoms with E-state index in [9.17, 15) is 4.79 Å². The second kappa shape index (κ2) is 12.9. The molecule has 21 heavy (non-hydrogen) atoms. The van der Waals surface area contributed by atoms with Crippen LogP contribution in [0.5, 0.6) is 0 Å². The molecule has 0 spiro atoms. The first-order chi connectivity index (χ1) is 9.98. The number of carbonyl (C=O) groups is 1. The average molecular weight is 296 g/mol. The number of carboxylic acid groups (broad SMARTS) is 1. The van der Waals surface area contributed by atoms with Crippen LogP contribution in [0, 0.1) is 5.41 Å². The van der Waals surface area contributed by atoms with E-state index in [1.807, 2.05) is 0 Å². The molecule has 0 aromatic rings. The van der Waals surface area contributed by atoms with Crippen LogP contribution in [0.15, 0.2) is 12.2 Å². The maximum atomic E-state index is 10.4. The summed E-state index contributed by atoms with van der Waals surface area (Å²) in [5, 5.41) is 8.59. The SMILES string of the molecule is CCCCCCCCCCCCC(C)(C)C/C=C/C(=O)O. The lowest BCUT2D eigenvalue weighted by Crippen LogP contribution is -2.09. The van der Waals surface area contributed by atoms with Crippen molar-refractivity contribution in [3.8, 4) is 0 Å². The van der Waals surface area contributed by atoms with Crippen molar-refractivity contribution in [3.05, 3.63) is 12.2 Å². The maximum Gasteiger partial charge on any atom is 0.327 e. The molecule has 0 amide bonds. The lowest BCUT2D eigenvalue weighted by Gasteiger charge is -2.22. The summed E-state index contributed by atoms with van der Waals surface area (Å²) in [5.41, 5.74) is 0.228. The molecule has 0 aliphatic carbocycles. The molecule has 0 rings (SSSR count). The number of allylic oxidation sites excluding steroid dienone is 1. The molecule has 0 atom stereocenters. The van der Waals surface area contributed by atoms with Gasteiger partial charge in [-0.2, -0.15) is 0 Å². The van der Waals surface area contributed by atoms with Crippen LogP contribution >= 0.6 is 0 Å². The van der Waals surface area contributed by atoms with Gasteiger partial charge in [0.2, 0.25) is 0 Å². The van der Waals surface area contributed by atoms with E-state index in [0.29, 0.717) is 0 Å². The fraction of sp³-hybridized carbons (Fsp3) is 0.842. The predicted octanol–water partition coefficient (Wildman–Crippen LogP) is 6.35. The topological polar surface area (TPSA) is 37.3 Å². The molecule has 0 fully saturated rings. The summed E-state index contributed by atoms with van der Waals surface area (Å²) in [4.78, 5) is 10.4. The number of rotatable bonds is 14. The van der Waals surface area contributed by atoms with Gasteiger partial charge in [0.05, 0.1) is 0 Å². The van der Waals surface area contributed by atoms with E-state index < -0.39 is 5.97 Å². The van der Waals surface area contributed by atoms with Crippen molar-refractivity contribution in [1.82, 2.24) is 0 Å². The Morgan fingerprint density at radius 1 is 0.905 bits per heavy atom. The predicted molar refractivity (Wildman–Crippen MR) is 91.6 cm³/mol. The molecule has 124 valence electrons. The molecule has 0 aliphatic heterocycles. The van der Waals surface area contributed by atoms with Crippen LogP contribution in [-0.4, -0.2) is 11.1 Å². The normalized spacial score (nSPS) is 12.1. The van der Waals surface area contributed by atoms with Gasteiger partial charge in [-0.25, -0.2) is 4.79 Å². The Balaban J connectivity index is 3.42. The van der Waals surface area contributed by atoms with E-state index in [-0.39, 0.29) is 5.41 Å². The van der Waals surface area contributed by atoms with Crippen LogP contribution in [0.4, 0.5) is 0 Å². The van der Waals surface area contributed by atoms with Gasteiger partial charge in [0.1, 0.15) is 0 Å². The van der Waals surface area contributed by atoms with E-state index in [4.69, 9.17) is 5.11 Å². The fourth-order valence-corrected chi connectivity index (χ4v) is 2.67. The standard InChI is InChI=1S/C19H36O2/c1-4-5-6-7-8-9-10-11-12-13-16-19(2,3)17-14-15-18(20)21/h14-15H,4-13,16-17H2,1-3H3,(H,20,21)/b15-14+. The minimum atomic E-state index is -0.843. The molecule has 0 aromatic heterocycles. The molecule has 0 unspecified atom stereocenters. The van der Waals surface area contributed by atoms with Crippen LogP contribution < -0.4 is 0 Å². The van der Waals surface area contributed by atoms with Crippen molar-refractivity contribution < 1.29 is 9.90 Å². The molecule has 0 aliphatic rings. The minimum Gasteiger partial charge on any atom is -0.478 e. The molecule has 2 nitrogen and oxygen atoms in total. The number of aliphatic carboxylic acids is 1. The summed E-state index contributed by atoms with van der Waals surface area (Å²) in [6.45, 7) is 6.72. The van der Waals surface area contributed by atoms with Gasteiger partial charge in [-0.1, -0.05) is 91.1 Å². The van der Waals surface area contributed by atoms with Crippen molar-refractivity contribution in [2.24, 2.45) is 5.41 Å². The summed E-state index contributed by atoms with van der Waals surface area (Å²) in [7, 11) is 0. The van der Waals surface area contributed by atoms with E-state index in [1.165, 1.54) is 76.7 Å². The van der Waals surface area contributed by atoms with Gasteiger partial charge in [-0.15, -0.1) is 0 Å². The summed E-state index contributed by atoms with van der Waals surface area (Å²) < 4.78 is 0. The second-order valence-corrected chi connectivity index (χ2v) is 7.04. The fourth-order valence-electron chi connectivity index (χ4n) is 2.67. The largest absolute Gasteiger partial charge is 0.478 e. The van der Waals surface area contributed by atoms with Crippen molar-refractivity contribution in [2.75, 3.05) is 0 Å². The van der Waals surface area contributed by atoms with Gasteiger partial charge < -0.3 is 5.11 Å². The Labute approximate surface area is 132 Å². The number of hydrogen-bond acceptors (Lipinski definition) is 1. The van der Waals surface area contributed by atoms with Crippen LogP contribution in [0.25, 0.3) is 0 Å². The molecule has 0 saturated heterocycles. The third kappa shape index (κ3) is 15.4. The lowest BCUT2D eigenvalue weighted by atomic mass is 9.83. The molecule has 0 bridgehead atoms. The summed E-state index contributed by atoms with van der Waals surface area (Å²) in [5.74, 6) is -0.843. The van der Waals surface area contributed by atoms with E-state index in [1.54, 1.807) is 6.08 Å². The van der Waals surface area contributed by atoms with E-state index in [2.05, 4.69) is 20.8 Å². The van der Waals surface area contributed by atoms with Crippen LogP contribution in [0.2, 0.25) is 0 Å². The zero-order valence-corrected chi connectivity index (χ0v) is 14.5. The van der Waals surface area contributed by atoms with Gasteiger partial charge in [0, 0.05) is 6.08 Å². The highest BCUT2D eigenvalue weighted by Crippen LogP contribution is 2.28. The Morgan fingerprint density at radius 3 is 1.86 bits per heavy atom. The average Bonchev–Trinajstić information content (AvgIpc) is 2.40. The first-order valence-electron chi connectivity index (χ1n) is 8.87. The smallest absolute Gasteiger partial charge is 0.327 e. The van der Waals surface area contributed by atoms with Crippen molar-refractivity contribution in [1.29, 1.82) is 0 Å². The summed E-state index contributed by atoms with van der Waals surface area (Å²) in [6.07, 6.45) is 18.8. The first-order valence-corrected chi connectivity index (χ1v) is 8.87. The quantitative estimate of drug-likeness (QED) is 0.299. The van der Waals surface area contributed by atoms with Gasteiger partial charge in [0.15, 0.2) is 0 Å². The molecule has 0 radical (unpaired) electrons. The third-order valence-corrected chi connectivity index (χ3v) is 4.14.